The molecule has 1 N–H and O–H groups in total. The molecule has 2 heterocycles. The second kappa shape index (κ2) is 5.54. The molecular weight excluding hydrogens is 272 g/mol. The highest BCUT2D eigenvalue weighted by Gasteiger charge is 2.16. The number of aromatic nitrogens is 1. The van der Waals surface area contributed by atoms with E-state index in [9.17, 15) is 4.79 Å². The minimum Gasteiger partial charge on any atom is -0.455 e. The van der Waals surface area contributed by atoms with Gasteiger partial charge < -0.3 is 9.73 Å². The van der Waals surface area contributed by atoms with Crippen molar-refractivity contribution in [3.8, 4) is 0 Å². The standard InChI is InChI=1S/C12H13ClN2O2S/c1-7-6-14-12(18-7)8(2)15-11(16)10-4-3-9(5-13)17-10/h3-4,6,8H,5H2,1-2H3,(H,15,16). The number of alkyl halides is 1. The first-order valence-electron chi connectivity index (χ1n) is 5.48. The van der Waals surface area contributed by atoms with Gasteiger partial charge in [-0.3, -0.25) is 4.79 Å². The first kappa shape index (κ1) is 13.1. The number of carbonyl (C=O) groups excluding carboxylic acids is 1. The molecule has 0 aliphatic rings. The van der Waals surface area contributed by atoms with Crippen molar-refractivity contribution in [1.82, 2.24) is 10.3 Å². The Balaban J connectivity index is 2.02. The highest BCUT2D eigenvalue weighted by Crippen LogP contribution is 2.19. The number of amides is 1. The van der Waals surface area contributed by atoms with Crippen molar-refractivity contribution in [2.24, 2.45) is 0 Å². The van der Waals surface area contributed by atoms with Gasteiger partial charge in [-0.05, 0) is 26.0 Å². The maximum Gasteiger partial charge on any atom is 0.287 e. The van der Waals surface area contributed by atoms with E-state index in [0.29, 0.717) is 5.76 Å². The van der Waals surface area contributed by atoms with Crippen LogP contribution in [0.2, 0.25) is 0 Å². The number of furan rings is 1. The fraction of sp³-hybridized carbons (Fsp3) is 0.333. The maximum absolute atomic E-state index is 11.9. The van der Waals surface area contributed by atoms with E-state index >= 15 is 0 Å². The van der Waals surface area contributed by atoms with Crippen molar-refractivity contribution in [2.45, 2.75) is 25.8 Å². The van der Waals surface area contributed by atoms with E-state index in [4.69, 9.17) is 16.0 Å². The molecule has 96 valence electrons. The lowest BCUT2D eigenvalue weighted by Crippen LogP contribution is -2.26. The zero-order valence-corrected chi connectivity index (χ0v) is 11.6. The molecule has 6 heteroatoms. The van der Waals surface area contributed by atoms with E-state index in [2.05, 4.69) is 10.3 Å². The molecule has 4 nitrogen and oxygen atoms in total. The van der Waals surface area contributed by atoms with Crippen LogP contribution in [0.15, 0.2) is 22.7 Å². The van der Waals surface area contributed by atoms with E-state index in [1.54, 1.807) is 29.7 Å². The number of rotatable bonds is 4. The molecule has 0 saturated carbocycles. The van der Waals surface area contributed by atoms with Crippen LogP contribution >= 0.6 is 22.9 Å². The second-order valence-electron chi connectivity index (χ2n) is 3.90. The minimum absolute atomic E-state index is 0.138. The quantitative estimate of drug-likeness (QED) is 0.877. The number of nitrogens with one attached hydrogen (secondary N) is 1. The van der Waals surface area contributed by atoms with Gasteiger partial charge in [-0.15, -0.1) is 22.9 Å². The van der Waals surface area contributed by atoms with E-state index in [1.165, 1.54) is 0 Å². The van der Waals surface area contributed by atoms with Crippen LogP contribution in [0.4, 0.5) is 0 Å². The summed E-state index contributed by atoms with van der Waals surface area (Å²) in [6.07, 6.45) is 1.79. The molecule has 2 rings (SSSR count). The number of halogens is 1. The van der Waals surface area contributed by atoms with Crippen molar-refractivity contribution in [3.05, 3.63) is 39.7 Å². The first-order valence-corrected chi connectivity index (χ1v) is 6.83. The summed E-state index contributed by atoms with van der Waals surface area (Å²) in [5.41, 5.74) is 0. The Bertz CT molecular complexity index is 550. The summed E-state index contributed by atoms with van der Waals surface area (Å²) in [4.78, 5) is 17.2. The molecular formula is C12H13ClN2O2S. The summed E-state index contributed by atoms with van der Waals surface area (Å²) in [6.45, 7) is 3.87. The van der Waals surface area contributed by atoms with Gasteiger partial charge in [0.25, 0.3) is 5.91 Å². The molecule has 2 aromatic heterocycles. The van der Waals surface area contributed by atoms with Crippen LogP contribution < -0.4 is 5.32 Å². The summed E-state index contributed by atoms with van der Waals surface area (Å²) in [5, 5.41) is 3.71. The number of hydrogen-bond acceptors (Lipinski definition) is 4. The van der Waals surface area contributed by atoms with Gasteiger partial charge in [0.1, 0.15) is 10.8 Å². The molecule has 1 atom stereocenters. The number of hydrogen-bond donors (Lipinski definition) is 1. The Kier molecular flexibility index (Phi) is 4.04. The van der Waals surface area contributed by atoms with Gasteiger partial charge in [0.15, 0.2) is 5.76 Å². The van der Waals surface area contributed by atoms with Crippen LogP contribution in [0.3, 0.4) is 0 Å². The third-order valence-corrected chi connectivity index (χ3v) is 3.73. The van der Waals surface area contributed by atoms with E-state index in [-0.39, 0.29) is 23.6 Å². The van der Waals surface area contributed by atoms with E-state index in [1.807, 2.05) is 13.8 Å². The van der Waals surface area contributed by atoms with Crippen molar-refractivity contribution >= 4 is 28.8 Å². The summed E-state index contributed by atoms with van der Waals surface area (Å²) in [6, 6.07) is 3.17. The van der Waals surface area contributed by atoms with Crippen LogP contribution in [-0.4, -0.2) is 10.9 Å². The van der Waals surface area contributed by atoms with Crippen LogP contribution in [0.25, 0.3) is 0 Å². The van der Waals surface area contributed by atoms with Gasteiger partial charge in [0.2, 0.25) is 0 Å². The molecule has 1 unspecified atom stereocenters. The molecule has 2 aromatic rings. The van der Waals surface area contributed by atoms with Gasteiger partial charge in [0.05, 0.1) is 11.9 Å². The molecule has 0 aliphatic carbocycles. The second-order valence-corrected chi connectivity index (χ2v) is 5.44. The fourth-order valence-electron chi connectivity index (χ4n) is 1.47. The molecule has 0 fully saturated rings. The topological polar surface area (TPSA) is 55.1 Å². The Labute approximate surface area is 114 Å². The molecule has 0 saturated heterocycles. The van der Waals surface area contributed by atoms with Gasteiger partial charge in [0, 0.05) is 11.1 Å². The number of aryl methyl sites for hydroxylation is 1. The highest BCUT2D eigenvalue weighted by atomic mass is 35.5. The molecule has 0 bridgehead atoms. The lowest BCUT2D eigenvalue weighted by molar-refractivity contribution is 0.0910. The smallest absolute Gasteiger partial charge is 0.287 e. The van der Waals surface area contributed by atoms with Crippen LogP contribution in [-0.2, 0) is 5.88 Å². The van der Waals surface area contributed by atoms with Crippen LogP contribution in [0, 0.1) is 6.92 Å². The number of nitrogens with zero attached hydrogens (tertiary/aromatic N) is 1. The molecule has 1 amide bonds. The van der Waals surface area contributed by atoms with Gasteiger partial charge >= 0.3 is 0 Å². The highest BCUT2D eigenvalue weighted by molar-refractivity contribution is 7.11. The third-order valence-electron chi connectivity index (χ3n) is 2.37. The predicted octanol–water partition coefficient (Wildman–Crippen LogP) is 3.27. The largest absolute Gasteiger partial charge is 0.455 e. The molecule has 0 spiro atoms. The number of thiazole rings is 1. The summed E-state index contributed by atoms with van der Waals surface area (Å²) >= 11 is 7.18. The lowest BCUT2D eigenvalue weighted by atomic mass is 10.3. The van der Waals surface area contributed by atoms with Gasteiger partial charge in [-0.1, -0.05) is 0 Å². The summed E-state index contributed by atoms with van der Waals surface area (Å²) in [7, 11) is 0. The third kappa shape index (κ3) is 2.91. The van der Waals surface area contributed by atoms with Crippen molar-refractivity contribution in [2.75, 3.05) is 0 Å². The molecule has 18 heavy (non-hydrogen) atoms. The van der Waals surface area contributed by atoms with Crippen LogP contribution in [0.1, 0.15) is 39.2 Å². The Morgan fingerprint density at radius 3 is 2.94 bits per heavy atom. The summed E-state index contributed by atoms with van der Waals surface area (Å²) in [5.74, 6) is 0.853. The normalized spacial score (nSPS) is 12.4. The van der Waals surface area contributed by atoms with E-state index in [0.717, 1.165) is 9.88 Å². The van der Waals surface area contributed by atoms with Crippen molar-refractivity contribution in [1.29, 1.82) is 0 Å². The SMILES string of the molecule is Cc1cnc(C(C)NC(=O)c2ccc(CCl)o2)s1. The average molecular weight is 285 g/mol. The van der Waals surface area contributed by atoms with Crippen LogP contribution in [0.5, 0.6) is 0 Å². The van der Waals surface area contributed by atoms with Gasteiger partial charge in [-0.25, -0.2) is 4.98 Å². The zero-order valence-electron chi connectivity index (χ0n) is 10.1. The monoisotopic (exact) mass is 284 g/mol. The predicted molar refractivity (Wildman–Crippen MR) is 71.0 cm³/mol. The Morgan fingerprint density at radius 2 is 2.39 bits per heavy atom. The Morgan fingerprint density at radius 1 is 1.61 bits per heavy atom. The number of carbonyl (C=O) groups is 1. The fourth-order valence-corrected chi connectivity index (χ4v) is 2.39. The van der Waals surface area contributed by atoms with Gasteiger partial charge in [-0.2, -0.15) is 0 Å². The lowest BCUT2D eigenvalue weighted by Gasteiger charge is -2.09. The first-order chi connectivity index (χ1) is 8.60. The van der Waals surface area contributed by atoms with E-state index < -0.39 is 0 Å². The molecule has 0 aromatic carbocycles. The zero-order chi connectivity index (χ0) is 13.1. The van der Waals surface area contributed by atoms with Crippen molar-refractivity contribution in [3.63, 3.8) is 0 Å². The molecule has 0 aliphatic heterocycles. The van der Waals surface area contributed by atoms with Crippen molar-refractivity contribution < 1.29 is 9.21 Å². The molecule has 0 radical (unpaired) electrons. The minimum atomic E-state index is -0.258. The average Bonchev–Trinajstić information content (AvgIpc) is 2.97. The maximum atomic E-state index is 11.9. The Hall–Kier alpha value is -1.33. The summed E-state index contributed by atoms with van der Waals surface area (Å²) < 4.78 is 5.28.